The molecule has 0 unspecified atom stereocenters. The molecular formula is C17H25N3O4. The van der Waals surface area contributed by atoms with Gasteiger partial charge in [-0.15, -0.1) is 0 Å². The van der Waals surface area contributed by atoms with E-state index >= 15 is 0 Å². The van der Waals surface area contributed by atoms with Crippen molar-refractivity contribution in [1.82, 2.24) is 14.9 Å². The zero-order chi connectivity index (χ0) is 17.9. The second-order valence-corrected chi connectivity index (χ2v) is 6.46. The minimum atomic E-state index is -0.875. The number of carboxylic acids is 1. The van der Waals surface area contributed by atoms with Crippen molar-refractivity contribution in [2.45, 2.75) is 52.9 Å². The number of hydrogen-bond donors (Lipinski definition) is 2. The summed E-state index contributed by atoms with van der Waals surface area (Å²) in [5.74, 6) is -0.471. The first kappa shape index (κ1) is 18.2. The maximum absolute atomic E-state index is 12.6. The summed E-state index contributed by atoms with van der Waals surface area (Å²) in [5.41, 5.74) is -0.245. The van der Waals surface area contributed by atoms with Gasteiger partial charge in [0.2, 0.25) is 5.91 Å². The maximum atomic E-state index is 12.6. The molecule has 1 aliphatic rings. The first-order valence-electron chi connectivity index (χ1n) is 8.42. The normalized spacial score (nSPS) is 20.9. The van der Waals surface area contributed by atoms with Crippen LogP contribution in [0, 0.1) is 12.3 Å². The molecule has 0 aliphatic carbocycles. The van der Waals surface area contributed by atoms with Crippen LogP contribution in [0.5, 0.6) is 0 Å². The first-order chi connectivity index (χ1) is 11.3. The molecule has 0 bridgehead atoms. The van der Waals surface area contributed by atoms with Crippen LogP contribution in [-0.2, 0) is 22.4 Å². The number of H-pyrrole nitrogens is 1. The minimum absolute atomic E-state index is 0.0441. The van der Waals surface area contributed by atoms with E-state index in [1.165, 1.54) is 0 Å². The fourth-order valence-corrected chi connectivity index (χ4v) is 3.27. The van der Waals surface area contributed by atoms with Crippen molar-refractivity contribution < 1.29 is 14.7 Å². The highest BCUT2D eigenvalue weighted by molar-refractivity contribution is 5.81. The van der Waals surface area contributed by atoms with Gasteiger partial charge in [0.1, 0.15) is 5.82 Å². The van der Waals surface area contributed by atoms with Gasteiger partial charge in [0, 0.05) is 30.8 Å². The van der Waals surface area contributed by atoms with E-state index in [4.69, 9.17) is 0 Å². The fourth-order valence-electron chi connectivity index (χ4n) is 3.27. The molecule has 1 saturated heterocycles. The van der Waals surface area contributed by atoms with Gasteiger partial charge in [0.15, 0.2) is 0 Å². The van der Waals surface area contributed by atoms with E-state index in [2.05, 4.69) is 9.97 Å². The number of piperidine rings is 1. The molecule has 1 fully saturated rings. The quantitative estimate of drug-likeness (QED) is 0.844. The van der Waals surface area contributed by atoms with Crippen molar-refractivity contribution in [3.05, 3.63) is 27.4 Å². The Bertz CT molecular complexity index is 698. The van der Waals surface area contributed by atoms with Crippen molar-refractivity contribution in [1.29, 1.82) is 0 Å². The van der Waals surface area contributed by atoms with Gasteiger partial charge >= 0.3 is 5.97 Å². The van der Waals surface area contributed by atoms with E-state index in [9.17, 15) is 19.5 Å². The standard InChI is InChI=1S/C17H25N3O4/c1-4-13-18-11(3)12(15(22)19-13)9-14(21)20-8-6-7-17(5-2,10-20)16(23)24/h4-10H2,1-3H3,(H,23,24)(H,18,19,22)/t17-/m0/s1. The number of amides is 1. The number of aryl methyl sites for hydroxylation is 2. The number of aromatic nitrogens is 2. The molecular weight excluding hydrogens is 310 g/mol. The Morgan fingerprint density at radius 3 is 2.62 bits per heavy atom. The van der Waals surface area contributed by atoms with Crippen molar-refractivity contribution in [2.24, 2.45) is 5.41 Å². The van der Waals surface area contributed by atoms with Gasteiger partial charge in [0.25, 0.3) is 5.56 Å². The van der Waals surface area contributed by atoms with Crippen LogP contribution >= 0.6 is 0 Å². The molecule has 132 valence electrons. The Morgan fingerprint density at radius 2 is 2.08 bits per heavy atom. The summed E-state index contributed by atoms with van der Waals surface area (Å²) in [7, 11) is 0. The van der Waals surface area contributed by atoms with E-state index in [0.29, 0.717) is 49.3 Å². The van der Waals surface area contributed by atoms with Crippen LogP contribution in [-0.4, -0.2) is 44.9 Å². The Kier molecular flexibility index (Phi) is 5.41. The van der Waals surface area contributed by atoms with Crippen LogP contribution in [0.1, 0.15) is 50.2 Å². The Hall–Kier alpha value is -2.18. The predicted octanol–water partition coefficient (Wildman–Crippen LogP) is 1.29. The smallest absolute Gasteiger partial charge is 0.311 e. The molecule has 0 saturated carbocycles. The lowest BCUT2D eigenvalue weighted by Crippen LogP contribution is -2.50. The average Bonchev–Trinajstić information content (AvgIpc) is 2.57. The van der Waals surface area contributed by atoms with Crippen molar-refractivity contribution in [3.8, 4) is 0 Å². The van der Waals surface area contributed by atoms with Crippen LogP contribution in [0.2, 0.25) is 0 Å². The van der Waals surface area contributed by atoms with Gasteiger partial charge in [-0.1, -0.05) is 13.8 Å². The highest BCUT2D eigenvalue weighted by atomic mass is 16.4. The van der Waals surface area contributed by atoms with E-state index in [-0.39, 0.29) is 24.4 Å². The molecule has 2 N–H and O–H groups in total. The monoisotopic (exact) mass is 335 g/mol. The molecule has 0 spiro atoms. The van der Waals surface area contributed by atoms with Crippen LogP contribution < -0.4 is 5.56 Å². The van der Waals surface area contributed by atoms with Gasteiger partial charge in [0.05, 0.1) is 11.8 Å². The summed E-state index contributed by atoms with van der Waals surface area (Å²) < 4.78 is 0. The second-order valence-electron chi connectivity index (χ2n) is 6.46. The molecule has 7 nitrogen and oxygen atoms in total. The maximum Gasteiger partial charge on any atom is 0.311 e. The molecule has 1 aliphatic heterocycles. The van der Waals surface area contributed by atoms with Gasteiger partial charge in [-0.3, -0.25) is 14.4 Å². The highest BCUT2D eigenvalue weighted by Gasteiger charge is 2.42. The number of nitrogens with one attached hydrogen (secondary N) is 1. The van der Waals surface area contributed by atoms with Crippen LogP contribution in [0.3, 0.4) is 0 Å². The number of aliphatic carboxylic acids is 1. The van der Waals surface area contributed by atoms with Gasteiger partial charge in [-0.05, 0) is 26.2 Å². The Morgan fingerprint density at radius 1 is 1.38 bits per heavy atom. The molecule has 1 aromatic heterocycles. The molecule has 1 atom stereocenters. The SMILES string of the molecule is CCc1nc(C)c(CC(=O)N2CCC[C@](CC)(C(=O)O)C2)c(=O)[nH]1. The number of nitrogens with zero attached hydrogens (tertiary/aromatic N) is 2. The average molecular weight is 335 g/mol. The Labute approximate surface area is 141 Å². The van der Waals surface area contributed by atoms with Crippen molar-refractivity contribution in [3.63, 3.8) is 0 Å². The third-order valence-corrected chi connectivity index (χ3v) is 4.99. The van der Waals surface area contributed by atoms with E-state index in [1.807, 2.05) is 13.8 Å². The van der Waals surface area contributed by atoms with E-state index in [0.717, 1.165) is 0 Å². The minimum Gasteiger partial charge on any atom is -0.481 e. The lowest BCUT2D eigenvalue weighted by Gasteiger charge is -2.39. The van der Waals surface area contributed by atoms with Crippen LogP contribution in [0.25, 0.3) is 0 Å². The number of carbonyl (C=O) groups is 2. The molecule has 0 radical (unpaired) electrons. The summed E-state index contributed by atoms with van der Waals surface area (Å²) in [6, 6.07) is 0. The number of carboxylic acid groups (broad SMARTS) is 1. The van der Waals surface area contributed by atoms with Crippen LogP contribution in [0.4, 0.5) is 0 Å². The van der Waals surface area contributed by atoms with Crippen molar-refractivity contribution in [2.75, 3.05) is 13.1 Å². The van der Waals surface area contributed by atoms with Crippen molar-refractivity contribution >= 4 is 11.9 Å². The summed E-state index contributed by atoms with van der Waals surface area (Å²) in [4.78, 5) is 45.0. The molecule has 1 aromatic rings. The summed E-state index contributed by atoms with van der Waals surface area (Å²) in [5, 5.41) is 9.52. The second kappa shape index (κ2) is 7.15. The van der Waals surface area contributed by atoms with Gasteiger partial charge < -0.3 is 15.0 Å². The molecule has 7 heteroatoms. The highest BCUT2D eigenvalue weighted by Crippen LogP contribution is 2.33. The predicted molar refractivity (Wildman–Crippen MR) is 88.9 cm³/mol. The number of likely N-dealkylation sites (tertiary alicyclic amines) is 1. The molecule has 2 heterocycles. The molecule has 2 rings (SSSR count). The molecule has 24 heavy (non-hydrogen) atoms. The molecule has 0 aromatic carbocycles. The summed E-state index contributed by atoms with van der Waals surface area (Å²) in [6.07, 6.45) is 2.30. The number of rotatable bonds is 5. The zero-order valence-corrected chi connectivity index (χ0v) is 14.5. The number of aromatic amines is 1. The van der Waals surface area contributed by atoms with Crippen LogP contribution in [0.15, 0.2) is 4.79 Å². The zero-order valence-electron chi connectivity index (χ0n) is 14.5. The largest absolute Gasteiger partial charge is 0.481 e. The molecule has 1 amide bonds. The fraction of sp³-hybridized carbons (Fsp3) is 0.647. The topological polar surface area (TPSA) is 103 Å². The lowest BCUT2D eigenvalue weighted by atomic mass is 9.77. The van der Waals surface area contributed by atoms with Gasteiger partial charge in [-0.2, -0.15) is 0 Å². The number of carbonyl (C=O) groups excluding carboxylic acids is 1. The number of hydrogen-bond acceptors (Lipinski definition) is 4. The van der Waals surface area contributed by atoms with Gasteiger partial charge in [-0.25, -0.2) is 4.98 Å². The van der Waals surface area contributed by atoms with E-state index < -0.39 is 11.4 Å². The summed E-state index contributed by atoms with van der Waals surface area (Å²) in [6.45, 7) is 6.19. The van der Waals surface area contributed by atoms with E-state index in [1.54, 1.807) is 11.8 Å². The summed E-state index contributed by atoms with van der Waals surface area (Å²) >= 11 is 0. The first-order valence-corrected chi connectivity index (χ1v) is 8.42. The third kappa shape index (κ3) is 3.49. The third-order valence-electron chi connectivity index (χ3n) is 4.99. The Balaban J connectivity index is 2.18. The lowest BCUT2D eigenvalue weighted by molar-refractivity contribution is -0.155.